The summed E-state index contributed by atoms with van der Waals surface area (Å²) in [5.41, 5.74) is 0.599. The molecule has 1 aromatic carbocycles. The number of rotatable bonds is 4. The number of benzene rings is 1. The van der Waals surface area contributed by atoms with Gasteiger partial charge in [-0.25, -0.2) is 4.98 Å². The van der Waals surface area contributed by atoms with Gasteiger partial charge in [0.05, 0.1) is 18.7 Å². The number of hydrogen-bond acceptors (Lipinski definition) is 5. The fourth-order valence-electron chi connectivity index (χ4n) is 2.83. The second kappa shape index (κ2) is 7.42. The standard InChI is InChI=1S/C17H16BrF3N2O3/c18-12-2-3-13(10(5-12)9-24)23-7-14(25)15(8-23)26-16-4-1-11(6-22-16)17(19,20)21/h1-6,14-15,24-25H,7-9H2/t14-,15-/m1/s1. The normalized spacial score (nSPS) is 20.5. The third-order valence-corrected chi connectivity index (χ3v) is 4.62. The highest BCUT2D eigenvalue weighted by atomic mass is 79.9. The first-order valence-corrected chi connectivity index (χ1v) is 8.59. The van der Waals surface area contributed by atoms with Crippen LogP contribution in [-0.4, -0.2) is 40.5 Å². The number of β-amino-alcohol motifs (C(OH)–C–C–N with tert-alkyl or cyclic N) is 1. The van der Waals surface area contributed by atoms with Crippen LogP contribution in [0.3, 0.4) is 0 Å². The Balaban J connectivity index is 1.71. The zero-order valence-corrected chi connectivity index (χ0v) is 15.0. The van der Waals surface area contributed by atoms with Crippen molar-refractivity contribution in [3.05, 3.63) is 52.1 Å². The monoisotopic (exact) mass is 432 g/mol. The Morgan fingerprint density at radius 3 is 2.62 bits per heavy atom. The molecule has 5 nitrogen and oxygen atoms in total. The molecule has 0 amide bonds. The Hall–Kier alpha value is -1.84. The van der Waals surface area contributed by atoms with Crippen LogP contribution in [0.15, 0.2) is 41.0 Å². The van der Waals surface area contributed by atoms with Crippen molar-refractivity contribution < 1.29 is 28.1 Å². The largest absolute Gasteiger partial charge is 0.470 e. The maximum absolute atomic E-state index is 12.6. The van der Waals surface area contributed by atoms with Gasteiger partial charge in [-0.3, -0.25) is 0 Å². The van der Waals surface area contributed by atoms with E-state index < -0.39 is 23.9 Å². The average Bonchev–Trinajstić information content (AvgIpc) is 2.95. The Morgan fingerprint density at radius 1 is 1.23 bits per heavy atom. The Bertz CT molecular complexity index is 771. The van der Waals surface area contributed by atoms with Crippen molar-refractivity contribution in [2.45, 2.75) is 25.0 Å². The third-order valence-electron chi connectivity index (χ3n) is 4.13. The highest BCUT2D eigenvalue weighted by Gasteiger charge is 2.35. The van der Waals surface area contributed by atoms with Gasteiger partial charge in [-0.1, -0.05) is 15.9 Å². The fraction of sp³-hybridized carbons (Fsp3) is 0.353. The first-order chi connectivity index (χ1) is 12.3. The minimum atomic E-state index is -4.46. The van der Waals surface area contributed by atoms with Crippen LogP contribution in [0.1, 0.15) is 11.1 Å². The molecule has 0 aliphatic carbocycles. The van der Waals surface area contributed by atoms with Gasteiger partial charge in [0.25, 0.3) is 0 Å². The lowest BCUT2D eigenvalue weighted by molar-refractivity contribution is -0.137. The van der Waals surface area contributed by atoms with E-state index in [1.165, 1.54) is 0 Å². The van der Waals surface area contributed by atoms with E-state index in [2.05, 4.69) is 20.9 Å². The number of hydrogen-bond donors (Lipinski definition) is 2. The van der Waals surface area contributed by atoms with Crippen molar-refractivity contribution >= 4 is 21.6 Å². The summed E-state index contributed by atoms with van der Waals surface area (Å²) in [5.74, 6) is 0.0158. The van der Waals surface area contributed by atoms with Gasteiger partial charge in [0.1, 0.15) is 12.2 Å². The quantitative estimate of drug-likeness (QED) is 0.777. The molecule has 2 heterocycles. The molecule has 1 fully saturated rings. The minimum absolute atomic E-state index is 0.0158. The van der Waals surface area contributed by atoms with Gasteiger partial charge < -0.3 is 19.8 Å². The van der Waals surface area contributed by atoms with Gasteiger partial charge in [-0.2, -0.15) is 13.2 Å². The topological polar surface area (TPSA) is 65.8 Å². The molecule has 0 saturated carbocycles. The fourth-order valence-corrected chi connectivity index (χ4v) is 3.24. The number of anilines is 1. The molecule has 1 aliphatic rings. The number of ether oxygens (including phenoxy) is 1. The van der Waals surface area contributed by atoms with Crippen LogP contribution < -0.4 is 9.64 Å². The highest BCUT2D eigenvalue weighted by molar-refractivity contribution is 9.10. The molecule has 2 aromatic rings. The summed E-state index contributed by atoms with van der Waals surface area (Å²) in [4.78, 5) is 5.53. The lowest BCUT2D eigenvalue weighted by Gasteiger charge is -2.21. The number of halogens is 4. The number of aromatic nitrogens is 1. The summed E-state index contributed by atoms with van der Waals surface area (Å²) in [6.45, 7) is 0.436. The molecule has 1 aliphatic heterocycles. The third kappa shape index (κ3) is 4.11. The van der Waals surface area contributed by atoms with Crippen molar-refractivity contribution in [1.29, 1.82) is 0 Å². The summed E-state index contributed by atoms with van der Waals surface area (Å²) < 4.78 is 44.1. The summed E-state index contributed by atoms with van der Waals surface area (Å²) in [7, 11) is 0. The van der Waals surface area contributed by atoms with Crippen molar-refractivity contribution in [3.8, 4) is 5.88 Å². The summed E-state index contributed by atoms with van der Waals surface area (Å²) in [5, 5.41) is 19.8. The van der Waals surface area contributed by atoms with Gasteiger partial charge in [-0.05, 0) is 24.3 Å². The Kier molecular flexibility index (Phi) is 5.40. The first kappa shape index (κ1) is 18.9. The van der Waals surface area contributed by atoms with E-state index in [4.69, 9.17) is 4.74 Å². The van der Waals surface area contributed by atoms with Gasteiger partial charge in [0, 0.05) is 34.5 Å². The molecular formula is C17H16BrF3N2O3. The zero-order valence-electron chi connectivity index (χ0n) is 13.4. The predicted molar refractivity (Wildman–Crippen MR) is 91.9 cm³/mol. The molecule has 9 heteroatoms. The molecule has 26 heavy (non-hydrogen) atoms. The molecule has 2 N–H and O–H groups in total. The predicted octanol–water partition coefficient (Wildman–Crippen LogP) is 2.98. The lowest BCUT2D eigenvalue weighted by atomic mass is 10.1. The van der Waals surface area contributed by atoms with E-state index in [0.717, 1.165) is 22.3 Å². The van der Waals surface area contributed by atoms with Crippen LogP contribution in [0.4, 0.5) is 18.9 Å². The van der Waals surface area contributed by atoms with Crippen molar-refractivity contribution in [1.82, 2.24) is 4.98 Å². The van der Waals surface area contributed by atoms with Crippen molar-refractivity contribution in [2.24, 2.45) is 0 Å². The summed E-state index contributed by atoms with van der Waals surface area (Å²) in [6.07, 6.45) is -5.24. The van der Waals surface area contributed by atoms with Gasteiger partial charge >= 0.3 is 6.18 Å². The smallest absolute Gasteiger partial charge is 0.417 e. The van der Waals surface area contributed by atoms with E-state index in [0.29, 0.717) is 18.3 Å². The van der Waals surface area contributed by atoms with E-state index in [1.54, 1.807) is 6.07 Å². The maximum Gasteiger partial charge on any atom is 0.417 e. The zero-order chi connectivity index (χ0) is 18.9. The molecule has 1 aromatic heterocycles. The minimum Gasteiger partial charge on any atom is -0.470 e. The number of pyridine rings is 1. The van der Waals surface area contributed by atoms with Crippen LogP contribution >= 0.6 is 15.9 Å². The second-order valence-corrected chi connectivity index (χ2v) is 6.86. The molecule has 0 bridgehead atoms. The van der Waals surface area contributed by atoms with Crippen molar-refractivity contribution in [2.75, 3.05) is 18.0 Å². The van der Waals surface area contributed by atoms with Gasteiger partial charge in [0.15, 0.2) is 0 Å². The Morgan fingerprint density at radius 2 is 2.00 bits per heavy atom. The lowest BCUT2D eigenvalue weighted by Crippen LogP contribution is -2.30. The van der Waals surface area contributed by atoms with Crippen LogP contribution in [0.5, 0.6) is 5.88 Å². The number of alkyl halides is 3. The maximum atomic E-state index is 12.6. The van der Waals surface area contributed by atoms with Crippen molar-refractivity contribution in [3.63, 3.8) is 0 Å². The van der Waals surface area contributed by atoms with Gasteiger partial charge in [0.2, 0.25) is 5.88 Å². The first-order valence-electron chi connectivity index (χ1n) is 7.80. The molecule has 0 spiro atoms. The van der Waals surface area contributed by atoms with E-state index in [1.807, 2.05) is 17.0 Å². The summed E-state index contributed by atoms with van der Waals surface area (Å²) >= 11 is 3.34. The molecule has 140 valence electrons. The molecular weight excluding hydrogens is 417 g/mol. The van der Waals surface area contributed by atoms with E-state index in [-0.39, 0.29) is 19.0 Å². The average molecular weight is 433 g/mol. The molecule has 0 unspecified atom stereocenters. The Labute approximate surface area is 156 Å². The number of aliphatic hydroxyl groups excluding tert-OH is 2. The van der Waals surface area contributed by atoms with Crippen LogP contribution in [0, 0.1) is 0 Å². The van der Waals surface area contributed by atoms with Crippen LogP contribution in [-0.2, 0) is 12.8 Å². The van der Waals surface area contributed by atoms with E-state index >= 15 is 0 Å². The molecule has 0 radical (unpaired) electrons. The van der Waals surface area contributed by atoms with Crippen LogP contribution in [0.2, 0.25) is 0 Å². The molecule has 2 atom stereocenters. The van der Waals surface area contributed by atoms with E-state index in [9.17, 15) is 23.4 Å². The van der Waals surface area contributed by atoms with Crippen LogP contribution in [0.25, 0.3) is 0 Å². The molecule has 3 rings (SSSR count). The SMILES string of the molecule is OCc1cc(Br)ccc1N1C[C@@H](O)[C@H](Oc2ccc(C(F)(F)F)cn2)C1. The second-order valence-electron chi connectivity index (χ2n) is 5.94. The number of aliphatic hydroxyl groups is 2. The number of nitrogens with zero attached hydrogens (tertiary/aromatic N) is 2. The summed E-state index contributed by atoms with van der Waals surface area (Å²) in [6, 6.07) is 7.46. The van der Waals surface area contributed by atoms with Gasteiger partial charge in [-0.15, -0.1) is 0 Å². The highest BCUT2D eigenvalue weighted by Crippen LogP contribution is 2.31. The molecule has 1 saturated heterocycles.